The Kier molecular flexibility index (Phi) is 5.51. The lowest BCUT2D eigenvalue weighted by atomic mass is 10.0. The zero-order valence-electron chi connectivity index (χ0n) is 10.4. The number of nitrogens with zero attached hydrogens (tertiary/aromatic N) is 1. The molecular formula is C10H7F6NO4S. The van der Waals surface area contributed by atoms with Crippen molar-refractivity contribution in [1.29, 1.82) is 0 Å². The zero-order chi connectivity index (χ0) is 17.1. The summed E-state index contributed by atoms with van der Waals surface area (Å²) in [5, 5.41) is 10.5. The van der Waals surface area contributed by atoms with Crippen molar-refractivity contribution in [1.82, 2.24) is 0 Å². The first kappa shape index (κ1) is 18.4. The fourth-order valence-electron chi connectivity index (χ4n) is 1.31. The van der Waals surface area contributed by atoms with Crippen molar-refractivity contribution >= 4 is 16.8 Å². The van der Waals surface area contributed by atoms with Crippen molar-refractivity contribution in [3.8, 4) is 0 Å². The molecule has 22 heavy (non-hydrogen) atoms. The second-order valence-corrected chi connectivity index (χ2v) is 5.09. The molecule has 0 heterocycles. The largest absolute Gasteiger partial charge is 0.497 e. The van der Waals surface area contributed by atoms with Gasteiger partial charge in [-0.05, 0) is 5.56 Å². The minimum absolute atomic E-state index is 0.513. The third-order valence-electron chi connectivity index (χ3n) is 2.29. The van der Waals surface area contributed by atoms with E-state index >= 15 is 0 Å². The number of alkyl halides is 6. The van der Waals surface area contributed by atoms with Gasteiger partial charge in [-0.1, -0.05) is 12.1 Å². The molecule has 0 aromatic heterocycles. The third-order valence-corrected chi connectivity index (χ3v) is 3.00. The van der Waals surface area contributed by atoms with Crippen LogP contribution >= 0.6 is 0 Å². The Bertz CT molecular complexity index is 579. The number of hydrogen-bond acceptors (Lipinski definition) is 4. The average molecular weight is 351 g/mol. The zero-order valence-corrected chi connectivity index (χ0v) is 11.2. The van der Waals surface area contributed by atoms with E-state index in [1.165, 1.54) is 0 Å². The van der Waals surface area contributed by atoms with Crippen LogP contribution in [0.15, 0.2) is 24.3 Å². The fourth-order valence-corrected chi connectivity index (χ4v) is 1.71. The van der Waals surface area contributed by atoms with Crippen LogP contribution in [0.3, 0.4) is 0 Å². The van der Waals surface area contributed by atoms with Crippen molar-refractivity contribution in [2.45, 2.75) is 17.6 Å². The average Bonchev–Trinajstić information content (AvgIpc) is 2.43. The quantitative estimate of drug-likeness (QED) is 0.447. The van der Waals surface area contributed by atoms with Gasteiger partial charge in [0.25, 0.3) is 16.8 Å². The molecule has 2 atom stereocenters. The fraction of sp³-hybridized carbons (Fsp3) is 0.400. The Morgan fingerprint density at radius 2 is 1.86 bits per heavy atom. The highest BCUT2D eigenvalue weighted by Crippen LogP contribution is 2.37. The van der Waals surface area contributed by atoms with Crippen LogP contribution in [0.5, 0.6) is 0 Å². The number of nitro groups is 1. The van der Waals surface area contributed by atoms with Crippen LogP contribution in [-0.2, 0) is 15.3 Å². The Balaban J connectivity index is 2.86. The summed E-state index contributed by atoms with van der Waals surface area (Å²) in [4.78, 5) is 9.50. The molecule has 0 bridgehead atoms. The summed E-state index contributed by atoms with van der Waals surface area (Å²) in [5.41, 5.74) is -6.87. The van der Waals surface area contributed by atoms with Crippen LogP contribution in [0.25, 0.3) is 0 Å². The maximum atomic E-state index is 13.7. The molecule has 12 heteroatoms. The number of halogens is 6. The van der Waals surface area contributed by atoms with Crippen LogP contribution in [0, 0.1) is 10.1 Å². The number of hydrogen-bond donors (Lipinski definition) is 0. The van der Waals surface area contributed by atoms with Gasteiger partial charge in [0.2, 0.25) is 0 Å². The summed E-state index contributed by atoms with van der Waals surface area (Å²) in [6, 6.07) is 3.17. The van der Waals surface area contributed by atoms with E-state index < -0.39 is 51.5 Å². The van der Waals surface area contributed by atoms with E-state index in [9.17, 15) is 40.7 Å². The molecule has 1 aromatic rings. The van der Waals surface area contributed by atoms with Gasteiger partial charge in [-0.2, -0.15) is 13.2 Å². The van der Waals surface area contributed by atoms with E-state index in [0.717, 1.165) is 18.2 Å². The lowest BCUT2D eigenvalue weighted by Crippen LogP contribution is -2.32. The summed E-state index contributed by atoms with van der Waals surface area (Å²) in [6.07, 6.45) is -3.17. The summed E-state index contributed by atoms with van der Waals surface area (Å²) in [7, 11) is 0. The second kappa shape index (κ2) is 6.60. The summed E-state index contributed by atoms with van der Waals surface area (Å²) in [5.74, 6) is -4.46. The van der Waals surface area contributed by atoms with Gasteiger partial charge < -0.3 is 0 Å². The molecule has 2 unspecified atom stereocenters. The normalized spacial score (nSPS) is 15.4. The highest BCUT2D eigenvalue weighted by atomic mass is 32.2. The molecule has 0 N–H and O–H groups in total. The molecule has 0 aliphatic rings. The van der Waals surface area contributed by atoms with Crippen molar-refractivity contribution in [3.63, 3.8) is 0 Å². The molecule has 0 saturated heterocycles. The molecule has 0 amide bonds. The maximum absolute atomic E-state index is 13.7. The molecule has 0 spiro atoms. The first-order valence-corrected chi connectivity index (χ1v) is 6.41. The Morgan fingerprint density at radius 1 is 1.27 bits per heavy atom. The van der Waals surface area contributed by atoms with Crippen LogP contribution in [0.1, 0.15) is 11.7 Å². The van der Waals surface area contributed by atoms with Gasteiger partial charge in [0.15, 0.2) is 6.17 Å². The minimum atomic E-state index is -5.38. The van der Waals surface area contributed by atoms with Crippen LogP contribution in [0.4, 0.5) is 32.0 Å². The van der Waals surface area contributed by atoms with E-state index in [0.29, 0.717) is 6.07 Å². The Labute approximate surface area is 121 Å². The van der Waals surface area contributed by atoms with Gasteiger partial charge in [-0.15, -0.1) is 0 Å². The number of nitro benzene ring substituents is 1. The van der Waals surface area contributed by atoms with Gasteiger partial charge in [0.05, 0.1) is 4.92 Å². The van der Waals surface area contributed by atoms with Crippen molar-refractivity contribution in [2.75, 3.05) is 6.61 Å². The highest BCUT2D eigenvalue weighted by Gasteiger charge is 2.46. The topological polar surface area (TPSA) is 69.4 Å². The first-order chi connectivity index (χ1) is 9.95. The second-order valence-electron chi connectivity index (χ2n) is 3.92. The standard InChI is InChI=1S/C10H7F6NO4S/c11-8(6-2-1-3-7(4-6)17(18)19)9(12,13)5-21-22(20)10(14,15)16/h1-4,8H,5H2. The summed E-state index contributed by atoms with van der Waals surface area (Å²) < 4.78 is 89.9. The van der Waals surface area contributed by atoms with Crippen molar-refractivity contribution in [2.24, 2.45) is 0 Å². The molecule has 0 radical (unpaired) electrons. The number of non-ortho nitro benzene ring substituents is 1. The maximum Gasteiger partial charge on any atom is 0.497 e. The molecule has 1 rings (SSSR count). The lowest BCUT2D eigenvalue weighted by Gasteiger charge is -2.20. The van der Waals surface area contributed by atoms with Crippen molar-refractivity contribution < 1.29 is 39.7 Å². The molecule has 0 saturated carbocycles. The van der Waals surface area contributed by atoms with Gasteiger partial charge in [-0.25, -0.2) is 17.4 Å². The SMILES string of the molecule is O=[N+]([O-])c1cccc(C(F)C(F)(F)COS(=O)C(F)(F)F)c1. The van der Waals surface area contributed by atoms with Crippen LogP contribution in [0.2, 0.25) is 0 Å². The third kappa shape index (κ3) is 4.66. The number of benzene rings is 1. The molecule has 0 fully saturated rings. The van der Waals surface area contributed by atoms with Gasteiger partial charge in [0.1, 0.15) is 6.61 Å². The van der Waals surface area contributed by atoms with Crippen LogP contribution < -0.4 is 0 Å². The van der Waals surface area contributed by atoms with E-state index in [1.54, 1.807) is 0 Å². The molecule has 0 aliphatic carbocycles. The summed E-state index contributed by atoms with van der Waals surface area (Å²) >= 11 is -4.02. The first-order valence-electron chi connectivity index (χ1n) is 5.33. The summed E-state index contributed by atoms with van der Waals surface area (Å²) in [6.45, 7) is -2.11. The molecule has 5 nitrogen and oxygen atoms in total. The van der Waals surface area contributed by atoms with Gasteiger partial charge in [-0.3, -0.25) is 14.3 Å². The minimum Gasteiger partial charge on any atom is -0.277 e. The predicted molar refractivity (Wildman–Crippen MR) is 62.0 cm³/mol. The predicted octanol–water partition coefficient (Wildman–Crippen LogP) is 3.44. The highest BCUT2D eigenvalue weighted by molar-refractivity contribution is 7.81. The van der Waals surface area contributed by atoms with E-state index in [2.05, 4.69) is 4.18 Å². The van der Waals surface area contributed by atoms with E-state index in [1.807, 2.05) is 0 Å². The van der Waals surface area contributed by atoms with E-state index in [-0.39, 0.29) is 0 Å². The lowest BCUT2D eigenvalue weighted by molar-refractivity contribution is -0.385. The molecule has 1 aromatic carbocycles. The smallest absolute Gasteiger partial charge is 0.277 e. The van der Waals surface area contributed by atoms with Gasteiger partial charge >= 0.3 is 11.4 Å². The Morgan fingerprint density at radius 3 is 2.36 bits per heavy atom. The van der Waals surface area contributed by atoms with Gasteiger partial charge in [0, 0.05) is 12.1 Å². The molecule has 124 valence electrons. The van der Waals surface area contributed by atoms with Crippen LogP contribution in [-0.4, -0.2) is 27.2 Å². The van der Waals surface area contributed by atoms with E-state index in [4.69, 9.17) is 0 Å². The Hall–Kier alpha value is -1.69. The van der Waals surface area contributed by atoms with Crippen molar-refractivity contribution in [3.05, 3.63) is 39.9 Å². The monoisotopic (exact) mass is 351 g/mol. The molecule has 0 aliphatic heterocycles. The number of rotatable bonds is 6. The molecular weight excluding hydrogens is 344 g/mol.